The molecule has 2 unspecified atom stereocenters. The Morgan fingerprint density at radius 2 is 1.15 bits per heavy atom. The standard InChI is InChI=1S/C23H24O2S/c1-19(20-11-5-2-6-12-20)23(21-13-7-3-8-14-21)17-18-26(24,25)22-15-9-4-10-16-22/h2-16,19,23H,17-18H2,1H3. The van der Waals surface area contributed by atoms with Gasteiger partial charge in [-0.25, -0.2) is 8.42 Å². The average Bonchev–Trinajstić information content (AvgIpc) is 2.70. The molecular weight excluding hydrogens is 340 g/mol. The first-order valence-electron chi connectivity index (χ1n) is 8.95. The maximum atomic E-state index is 12.7. The summed E-state index contributed by atoms with van der Waals surface area (Å²) in [6.45, 7) is 2.18. The van der Waals surface area contributed by atoms with Gasteiger partial charge in [-0.3, -0.25) is 0 Å². The van der Waals surface area contributed by atoms with E-state index in [1.807, 2.05) is 42.5 Å². The maximum absolute atomic E-state index is 12.7. The van der Waals surface area contributed by atoms with E-state index >= 15 is 0 Å². The van der Waals surface area contributed by atoms with Crippen molar-refractivity contribution < 1.29 is 8.42 Å². The second kappa shape index (κ2) is 8.33. The zero-order chi connectivity index (χ0) is 18.4. The summed E-state index contributed by atoms with van der Waals surface area (Å²) in [4.78, 5) is 0.402. The third kappa shape index (κ3) is 4.41. The van der Waals surface area contributed by atoms with Crippen molar-refractivity contribution in [2.75, 3.05) is 5.75 Å². The van der Waals surface area contributed by atoms with Gasteiger partial charge in [-0.15, -0.1) is 0 Å². The SMILES string of the molecule is CC(c1ccccc1)C(CCS(=O)(=O)c1ccccc1)c1ccccc1. The lowest BCUT2D eigenvalue weighted by atomic mass is 9.81. The molecule has 0 aliphatic carbocycles. The maximum Gasteiger partial charge on any atom is 0.178 e. The monoisotopic (exact) mass is 364 g/mol. The highest BCUT2D eigenvalue weighted by molar-refractivity contribution is 7.91. The molecule has 0 saturated heterocycles. The van der Waals surface area contributed by atoms with Crippen LogP contribution in [0.4, 0.5) is 0 Å². The van der Waals surface area contributed by atoms with E-state index in [2.05, 4.69) is 31.2 Å². The van der Waals surface area contributed by atoms with E-state index in [9.17, 15) is 8.42 Å². The smallest absolute Gasteiger partial charge is 0.178 e. The first-order valence-corrected chi connectivity index (χ1v) is 10.6. The van der Waals surface area contributed by atoms with Gasteiger partial charge in [-0.05, 0) is 41.5 Å². The van der Waals surface area contributed by atoms with Gasteiger partial charge in [-0.2, -0.15) is 0 Å². The van der Waals surface area contributed by atoms with Crippen LogP contribution in [0, 0.1) is 0 Å². The van der Waals surface area contributed by atoms with Crippen LogP contribution in [0.1, 0.15) is 36.3 Å². The minimum atomic E-state index is -3.28. The summed E-state index contributed by atoms with van der Waals surface area (Å²) in [6, 6.07) is 29.3. The van der Waals surface area contributed by atoms with Crippen LogP contribution in [0.5, 0.6) is 0 Å². The zero-order valence-electron chi connectivity index (χ0n) is 15.0. The van der Waals surface area contributed by atoms with Crippen LogP contribution in [-0.4, -0.2) is 14.2 Å². The fourth-order valence-electron chi connectivity index (χ4n) is 3.42. The van der Waals surface area contributed by atoms with Gasteiger partial charge in [0, 0.05) is 0 Å². The van der Waals surface area contributed by atoms with Gasteiger partial charge in [0.25, 0.3) is 0 Å². The van der Waals surface area contributed by atoms with E-state index in [0.717, 1.165) is 0 Å². The summed E-state index contributed by atoms with van der Waals surface area (Å²) in [5.74, 6) is 0.537. The Balaban J connectivity index is 1.85. The molecule has 0 aliphatic rings. The molecule has 3 aromatic rings. The third-order valence-electron chi connectivity index (χ3n) is 4.96. The molecule has 134 valence electrons. The molecule has 0 heterocycles. The summed E-state index contributed by atoms with van der Waals surface area (Å²) in [5.41, 5.74) is 2.42. The first-order chi connectivity index (χ1) is 12.6. The number of benzene rings is 3. The lowest BCUT2D eigenvalue weighted by Crippen LogP contribution is -2.15. The third-order valence-corrected chi connectivity index (χ3v) is 6.72. The highest BCUT2D eigenvalue weighted by Gasteiger charge is 2.24. The minimum Gasteiger partial charge on any atom is -0.224 e. The van der Waals surface area contributed by atoms with Gasteiger partial charge in [-0.1, -0.05) is 85.8 Å². The second-order valence-corrected chi connectivity index (χ2v) is 8.75. The van der Waals surface area contributed by atoms with Crippen molar-refractivity contribution >= 4 is 9.84 Å². The van der Waals surface area contributed by atoms with Crippen LogP contribution < -0.4 is 0 Å². The Morgan fingerprint density at radius 1 is 0.692 bits per heavy atom. The first kappa shape index (κ1) is 18.4. The van der Waals surface area contributed by atoms with Crippen LogP contribution >= 0.6 is 0 Å². The van der Waals surface area contributed by atoms with Gasteiger partial charge in [0.1, 0.15) is 0 Å². The van der Waals surface area contributed by atoms with E-state index in [4.69, 9.17) is 0 Å². The molecular formula is C23H24O2S. The molecule has 3 aromatic carbocycles. The minimum absolute atomic E-state index is 0.147. The predicted octanol–water partition coefficient (Wildman–Crippen LogP) is 5.44. The van der Waals surface area contributed by atoms with E-state index in [-0.39, 0.29) is 17.6 Å². The Bertz CT molecular complexity index is 904. The molecule has 0 radical (unpaired) electrons. The largest absolute Gasteiger partial charge is 0.224 e. The van der Waals surface area contributed by atoms with Crippen molar-refractivity contribution in [3.8, 4) is 0 Å². The van der Waals surface area contributed by atoms with Crippen molar-refractivity contribution in [1.82, 2.24) is 0 Å². The lowest BCUT2D eigenvalue weighted by Gasteiger charge is -2.25. The van der Waals surface area contributed by atoms with Crippen LogP contribution in [0.2, 0.25) is 0 Å². The molecule has 0 aliphatic heterocycles. The Hall–Kier alpha value is -2.39. The van der Waals surface area contributed by atoms with E-state index in [1.165, 1.54) is 11.1 Å². The number of rotatable bonds is 7. The fraction of sp³-hybridized carbons (Fsp3) is 0.217. The highest BCUT2D eigenvalue weighted by Crippen LogP contribution is 2.36. The lowest BCUT2D eigenvalue weighted by molar-refractivity contribution is 0.545. The van der Waals surface area contributed by atoms with Gasteiger partial charge in [0.2, 0.25) is 0 Å². The van der Waals surface area contributed by atoms with Crippen LogP contribution in [0.25, 0.3) is 0 Å². The Morgan fingerprint density at radius 3 is 1.69 bits per heavy atom. The predicted molar refractivity (Wildman–Crippen MR) is 107 cm³/mol. The molecule has 0 N–H and O–H groups in total. The number of hydrogen-bond acceptors (Lipinski definition) is 2. The van der Waals surface area contributed by atoms with Gasteiger partial charge < -0.3 is 0 Å². The van der Waals surface area contributed by atoms with Crippen molar-refractivity contribution in [2.45, 2.75) is 30.1 Å². The molecule has 26 heavy (non-hydrogen) atoms. The molecule has 0 fully saturated rings. The van der Waals surface area contributed by atoms with Gasteiger partial charge in [0.15, 0.2) is 9.84 Å². The molecule has 3 rings (SSSR count). The summed E-state index contributed by atoms with van der Waals surface area (Å²) in [6.07, 6.45) is 0.595. The molecule has 3 heteroatoms. The van der Waals surface area contributed by atoms with Crippen molar-refractivity contribution in [3.63, 3.8) is 0 Å². The topological polar surface area (TPSA) is 34.1 Å². The van der Waals surface area contributed by atoms with E-state index in [1.54, 1.807) is 24.3 Å². The zero-order valence-corrected chi connectivity index (χ0v) is 15.8. The molecule has 0 bridgehead atoms. The Labute approximate surface area is 156 Å². The van der Waals surface area contributed by atoms with Crippen LogP contribution in [0.3, 0.4) is 0 Å². The highest BCUT2D eigenvalue weighted by atomic mass is 32.2. The molecule has 2 nitrogen and oxygen atoms in total. The van der Waals surface area contributed by atoms with E-state index < -0.39 is 9.84 Å². The number of sulfone groups is 1. The molecule has 0 saturated carbocycles. The summed E-state index contributed by atoms with van der Waals surface area (Å²) < 4.78 is 25.5. The van der Waals surface area contributed by atoms with Gasteiger partial charge in [0.05, 0.1) is 10.6 Å². The normalized spacial score (nSPS) is 13.9. The van der Waals surface area contributed by atoms with Crippen molar-refractivity contribution in [2.24, 2.45) is 0 Å². The van der Waals surface area contributed by atoms with E-state index in [0.29, 0.717) is 11.3 Å². The van der Waals surface area contributed by atoms with Gasteiger partial charge >= 0.3 is 0 Å². The quantitative estimate of drug-likeness (QED) is 0.559. The molecule has 0 aromatic heterocycles. The molecule has 2 atom stereocenters. The van der Waals surface area contributed by atoms with Crippen molar-refractivity contribution in [3.05, 3.63) is 102 Å². The Kier molecular flexibility index (Phi) is 5.89. The van der Waals surface area contributed by atoms with Crippen LogP contribution in [-0.2, 0) is 9.84 Å². The average molecular weight is 365 g/mol. The number of hydrogen-bond donors (Lipinski definition) is 0. The van der Waals surface area contributed by atoms with Crippen molar-refractivity contribution in [1.29, 1.82) is 0 Å². The summed E-state index contributed by atoms with van der Waals surface area (Å²) in [7, 11) is -3.28. The summed E-state index contributed by atoms with van der Waals surface area (Å²) >= 11 is 0. The molecule has 0 amide bonds. The van der Waals surface area contributed by atoms with Crippen LogP contribution in [0.15, 0.2) is 95.9 Å². The fourth-order valence-corrected chi connectivity index (χ4v) is 4.79. The summed E-state index contributed by atoms with van der Waals surface area (Å²) in [5, 5.41) is 0. The molecule has 0 spiro atoms. The second-order valence-electron chi connectivity index (χ2n) is 6.64.